The minimum atomic E-state index is 0. The minimum Gasteiger partial charge on any atom is -0.496 e. The van der Waals surface area contributed by atoms with Crippen LogP contribution in [0.4, 0.5) is 0 Å². The number of hydrogen-bond acceptors (Lipinski definition) is 4. The smallest absolute Gasteiger partial charge is 0.128 e. The van der Waals surface area contributed by atoms with Crippen molar-refractivity contribution in [3.05, 3.63) is 23.0 Å². The summed E-state index contributed by atoms with van der Waals surface area (Å²) in [6.45, 7) is 8.48. The van der Waals surface area contributed by atoms with Crippen LogP contribution in [0.25, 0.3) is 0 Å². The fourth-order valence-electron chi connectivity index (χ4n) is 3.07. The van der Waals surface area contributed by atoms with Gasteiger partial charge in [-0.25, -0.2) is 0 Å². The van der Waals surface area contributed by atoms with Crippen LogP contribution in [0.2, 0.25) is 0 Å². The van der Waals surface area contributed by atoms with E-state index in [4.69, 9.17) is 4.74 Å². The summed E-state index contributed by atoms with van der Waals surface area (Å²) in [6, 6.07) is 0. The molecule has 0 aliphatic carbocycles. The zero-order chi connectivity index (χ0) is 14.5. The van der Waals surface area contributed by atoms with Crippen molar-refractivity contribution in [2.24, 2.45) is 5.92 Å². The average Bonchev–Trinajstić information content (AvgIpc) is 2.44. The number of aryl methyl sites for hydroxylation is 1. The second kappa shape index (κ2) is 8.57. The van der Waals surface area contributed by atoms with Crippen molar-refractivity contribution in [1.82, 2.24) is 15.2 Å². The largest absolute Gasteiger partial charge is 0.496 e. The summed E-state index contributed by atoms with van der Waals surface area (Å²) in [5.74, 6) is 1.74. The molecule has 0 radical (unpaired) electrons. The van der Waals surface area contributed by atoms with Crippen LogP contribution in [-0.2, 0) is 6.54 Å². The fourth-order valence-corrected chi connectivity index (χ4v) is 3.07. The van der Waals surface area contributed by atoms with Crippen LogP contribution in [-0.4, -0.2) is 43.7 Å². The summed E-state index contributed by atoms with van der Waals surface area (Å²) >= 11 is 0. The first kappa shape index (κ1) is 18.2. The number of ether oxygens (including phenoxy) is 1. The third-order valence-electron chi connectivity index (χ3n) is 4.14. The Labute approximate surface area is 134 Å². The number of piperidine rings is 1. The lowest BCUT2D eigenvalue weighted by Gasteiger charge is -2.27. The number of pyridine rings is 1. The van der Waals surface area contributed by atoms with E-state index < -0.39 is 0 Å². The SMILES string of the molecule is COc1c(C)cnc(CN(C)CC2CCCNC2)c1C.Cl. The normalized spacial score (nSPS) is 18.4. The molecular weight excluding hydrogens is 286 g/mol. The zero-order valence-electron chi connectivity index (χ0n) is 13.6. The van der Waals surface area contributed by atoms with Gasteiger partial charge in [0.25, 0.3) is 0 Å². The van der Waals surface area contributed by atoms with Crippen LogP contribution in [0, 0.1) is 19.8 Å². The highest BCUT2D eigenvalue weighted by Crippen LogP contribution is 2.24. The number of halogens is 1. The first-order chi connectivity index (χ1) is 9.61. The molecule has 0 amide bonds. The highest BCUT2D eigenvalue weighted by atomic mass is 35.5. The molecule has 1 aromatic rings. The average molecular weight is 314 g/mol. The summed E-state index contributed by atoms with van der Waals surface area (Å²) in [5, 5.41) is 3.48. The predicted molar refractivity (Wildman–Crippen MR) is 89.4 cm³/mol. The van der Waals surface area contributed by atoms with E-state index in [9.17, 15) is 0 Å². The minimum absolute atomic E-state index is 0. The maximum Gasteiger partial charge on any atom is 0.128 e. The molecule has 1 fully saturated rings. The summed E-state index contributed by atoms with van der Waals surface area (Å²) in [5.41, 5.74) is 3.40. The van der Waals surface area contributed by atoms with Crippen LogP contribution in [0.3, 0.4) is 0 Å². The molecule has 1 saturated heterocycles. The Hall–Kier alpha value is -0.840. The molecule has 5 heteroatoms. The maximum absolute atomic E-state index is 5.48. The van der Waals surface area contributed by atoms with E-state index >= 15 is 0 Å². The molecule has 1 atom stereocenters. The van der Waals surface area contributed by atoms with Gasteiger partial charge in [-0.05, 0) is 52.7 Å². The Morgan fingerprint density at radius 3 is 2.81 bits per heavy atom. The summed E-state index contributed by atoms with van der Waals surface area (Å²) in [6.07, 6.45) is 4.55. The van der Waals surface area contributed by atoms with Gasteiger partial charge in [0, 0.05) is 30.4 Å². The van der Waals surface area contributed by atoms with Gasteiger partial charge in [0.05, 0.1) is 12.8 Å². The molecule has 0 saturated carbocycles. The van der Waals surface area contributed by atoms with E-state index in [1.165, 1.54) is 24.9 Å². The summed E-state index contributed by atoms with van der Waals surface area (Å²) in [4.78, 5) is 6.96. The molecule has 1 aromatic heterocycles. The fraction of sp³-hybridized carbons (Fsp3) is 0.688. The second-order valence-electron chi connectivity index (χ2n) is 5.96. The van der Waals surface area contributed by atoms with Crippen LogP contribution >= 0.6 is 12.4 Å². The molecule has 1 aliphatic heterocycles. The predicted octanol–water partition coefficient (Wildman–Crippen LogP) is 2.56. The van der Waals surface area contributed by atoms with Crippen LogP contribution in [0.15, 0.2) is 6.20 Å². The van der Waals surface area contributed by atoms with Crippen molar-refractivity contribution in [1.29, 1.82) is 0 Å². The van der Waals surface area contributed by atoms with E-state index in [2.05, 4.69) is 29.2 Å². The molecule has 0 bridgehead atoms. The van der Waals surface area contributed by atoms with Crippen molar-refractivity contribution in [2.75, 3.05) is 33.8 Å². The molecule has 0 aromatic carbocycles. The Balaban J connectivity index is 0.00000220. The van der Waals surface area contributed by atoms with Crippen molar-refractivity contribution in [3.8, 4) is 5.75 Å². The number of hydrogen-bond donors (Lipinski definition) is 1. The molecule has 2 rings (SSSR count). The van der Waals surface area contributed by atoms with Crippen LogP contribution in [0.5, 0.6) is 5.75 Å². The molecule has 1 unspecified atom stereocenters. The first-order valence-electron chi connectivity index (χ1n) is 7.50. The highest BCUT2D eigenvalue weighted by Gasteiger charge is 2.17. The van der Waals surface area contributed by atoms with Gasteiger partial charge in [0.15, 0.2) is 0 Å². The van der Waals surface area contributed by atoms with Crippen molar-refractivity contribution in [3.63, 3.8) is 0 Å². The Bertz CT molecular complexity index is 447. The number of methoxy groups -OCH3 is 1. The van der Waals surface area contributed by atoms with Crippen molar-refractivity contribution in [2.45, 2.75) is 33.2 Å². The Kier molecular flexibility index (Phi) is 7.43. The van der Waals surface area contributed by atoms with Gasteiger partial charge < -0.3 is 15.0 Å². The van der Waals surface area contributed by atoms with Gasteiger partial charge >= 0.3 is 0 Å². The van der Waals surface area contributed by atoms with Crippen molar-refractivity contribution < 1.29 is 4.74 Å². The number of aromatic nitrogens is 1. The summed E-state index contributed by atoms with van der Waals surface area (Å²) < 4.78 is 5.48. The Morgan fingerprint density at radius 1 is 1.43 bits per heavy atom. The molecule has 2 heterocycles. The lowest BCUT2D eigenvalue weighted by atomic mass is 9.99. The monoisotopic (exact) mass is 313 g/mol. The van der Waals surface area contributed by atoms with Gasteiger partial charge in [0.1, 0.15) is 5.75 Å². The van der Waals surface area contributed by atoms with E-state index in [1.54, 1.807) is 7.11 Å². The molecule has 4 nitrogen and oxygen atoms in total. The lowest BCUT2D eigenvalue weighted by molar-refractivity contribution is 0.235. The van der Waals surface area contributed by atoms with Crippen molar-refractivity contribution >= 4 is 12.4 Å². The van der Waals surface area contributed by atoms with Gasteiger partial charge in [-0.2, -0.15) is 0 Å². The number of nitrogens with zero attached hydrogens (tertiary/aromatic N) is 2. The van der Waals surface area contributed by atoms with Gasteiger partial charge in [-0.1, -0.05) is 0 Å². The maximum atomic E-state index is 5.48. The van der Waals surface area contributed by atoms with Gasteiger partial charge in [-0.3, -0.25) is 4.98 Å². The van der Waals surface area contributed by atoms with E-state index in [-0.39, 0.29) is 12.4 Å². The van der Waals surface area contributed by atoms with E-state index in [1.807, 2.05) is 13.1 Å². The van der Waals surface area contributed by atoms with E-state index in [0.717, 1.165) is 42.6 Å². The highest BCUT2D eigenvalue weighted by molar-refractivity contribution is 5.85. The van der Waals surface area contributed by atoms with Crippen LogP contribution < -0.4 is 10.1 Å². The quantitative estimate of drug-likeness (QED) is 0.906. The lowest BCUT2D eigenvalue weighted by Crippen LogP contribution is -2.36. The van der Waals surface area contributed by atoms with Gasteiger partial charge in [0.2, 0.25) is 0 Å². The molecule has 0 spiro atoms. The Morgan fingerprint density at radius 2 is 2.19 bits per heavy atom. The molecule has 21 heavy (non-hydrogen) atoms. The third kappa shape index (κ3) is 4.83. The molecule has 1 N–H and O–H groups in total. The molecule has 120 valence electrons. The van der Waals surface area contributed by atoms with E-state index in [0.29, 0.717) is 0 Å². The van der Waals surface area contributed by atoms with Gasteiger partial charge in [-0.15, -0.1) is 12.4 Å². The molecular formula is C16H28ClN3O. The molecule has 1 aliphatic rings. The third-order valence-corrected chi connectivity index (χ3v) is 4.14. The van der Waals surface area contributed by atoms with Crippen LogP contribution in [0.1, 0.15) is 29.7 Å². The summed E-state index contributed by atoms with van der Waals surface area (Å²) in [7, 11) is 3.92. The number of rotatable bonds is 5. The zero-order valence-corrected chi connectivity index (χ0v) is 14.4. The topological polar surface area (TPSA) is 37.4 Å². The standard InChI is InChI=1S/C16H27N3O.ClH/c1-12-8-18-15(13(2)16(12)20-4)11-19(3)10-14-6-5-7-17-9-14;/h8,14,17H,5-7,9-11H2,1-4H3;1H. The first-order valence-corrected chi connectivity index (χ1v) is 7.50. The number of nitrogens with one attached hydrogen (secondary N) is 1. The second-order valence-corrected chi connectivity index (χ2v) is 5.96.